The van der Waals surface area contributed by atoms with E-state index >= 15 is 0 Å². The maximum Gasteiger partial charge on any atom is 0.263 e. The van der Waals surface area contributed by atoms with Crippen LogP contribution in [0, 0.1) is 5.92 Å². The molecule has 1 aliphatic heterocycles. The van der Waals surface area contributed by atoms with Gasteiger partial charge in [0, 0.05) is 19.2 Å². The summed E-state index contributed by atoms with van der Waals surface area (Å²) in [6, 6.07) is 5.88. The third-order valence-corrected chi connectivity index (χ3v) is 6.81. The number of thiophene rings is 1. The highest BCUT2D eigenvalue weighted by Gasteiger charge is 2.25. The number of likely N-dealkylation sites (tertiary alicyclic amines) is 1. The van der Waals surface area contributed by atoms with Crippen molar-refractivity contribution in [3.05, 3.63) is 38.1 Å². The van der Waals surface area contributed by atoms with Gasteiger partial charge < -0.3 is 9.64 Å². The molecule has 1 fully saturated rings. The smallest absolute Gasteiger partial charge is 0.263 e. The number of halogens is 1. The lowest BCUT2D eigenvalue weighted by molar-refractivity contribution is 0.0663. The fraction of sp³-hybridized carbons (Fsp3) is 0.526. The Morgan fingerprint density at radius 2 is 2.04 bits per heavy atom. The van der Waals surface area contributed by atoms with Gasteiger partial charge in [0.15, 0.2) is 0 Å². The Balaban J connectivity index is 1.27. The SMILES string of the molecule is O=C(c1ccc(Br)s1)N1CCC(COc2cc3c(nn2)CCCC3)CC1. The molecule has 0 radical (unpaired) electrons. The van der Waals surface area contributed by atoms with Crippen LogP contribution >= 0.6 is 27.3 Å². The molecule has 2 aromatic heterocycles. The highest BCUT2D eigenvalue weighted by atomic mass is 79.9. The van der Waals surface area contributed by atoms with Gasteiger partial charge in [-0.1, -0.05) is 0 Å². The molecule has 0 aromatic carbocycles. The first-order chi connectivity index (χ1) is 12.7. The number of amides is 1. The number of ether oxygens (including phenoxy) is 1. The number of carbonyl (C=O) groups is 1. The molecule has 0 unspecified atom stereocenters. The maximum absolute atomic E-state index is 12.5. The lowest BCUT2D eigenvalue weighted by Crippen LogP contribution is -2.39. The molecule has 4 rings (SSSR count). The van der Waals surface area contributed by atoms with Crippen LogP contribution < -0.4 is 4.74 Å². The van der Waals surface area contributed by atoms with Crippen LogP contribution in [0.3, 0.4) is 0 Å². The standard InChI is InChI=1S/C19H22BrN3O2S/c20-17-6-5-16(26-17)19(24)23-9-7-13(8-10-23)12-25-18-11-14-3-1-2-4-15(14)21-22-18/h5-6,11,13H,1-4,7-10,12H2. The normalized spacial score (nSPS) is 17.8. The third-order valence-electron chi connectivity index (χ3n) is 5.20. The lowest BCUT2D eigenvalue weighted by atomic mass is 9.97. The molecule has 1 saturated heterocycles. The van der Waals surface area contributed by atoms with Crippen LogP contribution in [0.4, 0.5) is 0 Å². The zero-order valence-electron chi connectivity index (χ0n) is 14.6. The van der Waals surface area contributed by atoms with E-state index in [1.165, 1.54) is 29.7 Å². The van der Waals surface area contributed by atoms with E-state index < -0.39 is 0 Å². The van der Waals surface area contributed by atoms with Crippen molar-refractivity contribution in [1.82, 2.24) is 15.1 Å². The van der Waals surface area contributed by atoms with Gasteiger partial charge in [-0.2, -0.15) is 5.10 Å². The van der Waals surface area contributed by atoms with Gasteiger partial charge in [-0.15, -0.1) is 16.4 Å². The quantitative estimate of drug-likeness (QED) is 0.724. The molecule has 2 aromatic rings. The third kappa shape index (κ3) is 4.09. The van der Waals surface area contributed by atoms with Crippen molar-refractivity contribution in [2.24, 2.45) is 5.92 Å². The van der Waals surface area contributed by atoms with Crippen LogP contribution in [-0.4, -0.2) is 40.7 Å². The number of aryl methyl sites for hydroxylation is 2. The van der Waals surface area contributed by atoms with Crippen LogP contribution in [0.25, 0.3) is 0 Å². The van der Waals surface area contributed by atoms with Crippen molar-refractivity contribution in [2.75, 3.05) is 19.7 Å². The van der Waals surface area contributed by atoms with Gasteiger partial charge in [-0.05, 0) is 78.1 Å². The van der Waals surface area contributed by atoms with E-state index in [1.807, 2.05) is 17.0 Å². The number of rotatable bonds is 4. The van der Waals surface area contributed by atoms with Gasteiger partial charge in [-0.3, -0.25) is 4.79 Å². The van der Waals surface area contributed by atoms with Crippen LogP contribution in [0.1, 0.15) is 46.6 Å². The molecule has 1 amide bonds. The number of aromatic nitrogens is 2. The minimum atomic E-state index is 0.139. The highest BCUT2D eigenvalue weighted by molar-refractivity contribution is 9.11. The second kappa shape index (κ2) is 8.05. The summed E-state index contributed by atoms with van der Waals surface area (Å²) >= 11 is 4.91. The van der Waals surface area contributed by atoms with Gasteiger partial charge in [0.2, 0.25) is 5.88 Å². The molecule has 0 spiro atoms. The van der Waals surface area contributed by atoms with E-state index in [1.54, 1.807) is 0 Å². The number of hydrogen-bond acceptors (Lipinski definition) is 5. The molecule has 0 atom stereocenters. The van der Waals surface area contributed by atoms with Gasteiger partial charge in [0.05, 0.1) is 21.0 Å². The van der Waals surface area contributed by atoms with Crippen molar-refractivity contribution in [2.45, 2.75) is 38.5 Å². The minimum Gasteiger partial charge on any atom is -0.476 e. The molecule has 3 heterocycles. The summed E-state index contributed by atoms with van der Waals surface area (Å²) < 4.78 is 6.91. The summed E-state index contributed by atoms with van der Waals surface area (Å²) in [6.07, 6.45) is 6.50. The Hall–Kier alpha value is -1.47. The predicted molar refractivity (Wildman–Crippen MR) is 105 cm³/mol. The Bertz CT molecular complexity index is 787. The predicted octanol–water partition coefficient (Wildman–Crippen LogP) is 4.11. The fourth-order valence-electron chi connectivity index (χ4n) is 3.63. The minimum absolute atomic E-state index is 0.139. The van der Waals surface area contributed by atoms with E-state index in [0.29, 0.717) is 18.4 Å². The van der Waals surface area contributed by atoms with Crippen molar-refractivity contribution in [1.29, 1.82) is 0 Å². The monoisotopic (exact) mass is 435 g/mol. The summed E-state index contributed by atoms with van der Waals surface area (Å²) in [5.74, 6) is 1.25. The van der Waals surface area contributed by atoms with Crippen molar-refractivity contribution < 1.29 is 9.53 Å². The average molecular weight is 436 g/mol. The summed E-state index contributed by atoms with van der Waals surface area (Å²) in [5.41, 5.74) is 2.43. The molecule has 5 nitrogen and oxygen atoms in total. The first-order valence-electron chi connectivity index (χ1n) is 9.22. The van der Waals surface area contributed by atoms with Gasteiger partial charge in [0.25, 0.3) is 5.91 Å². The van der Waals surface area contributed by atoms with Gasteiger partial charge in [0.1, 0.15) is 0 Å². The van der Waals surface area contributed by atoms with Crippen molar-refractivity contribution in [3.8, 4) is 5.88 Å². The first kappa shape index (κ1) is 17.9. The largest absolute Gasteiger partial charge is 0.476 e. The maximum atomic E-state index is 12.5. The summed E-state index contributed by atoms with van der Waals surface area (Å²) in [6.45, 7) is 2.23. The molecule has 0 bridgehead atoms. The molecule has 1 aliphatic carbocycles. The number of hydrogen-bond donors (Lipinski definition) is 0. The molecule has 138 valence electrons. The summed E-state index contributed by atoms with van der Waals surface area (Å²) in [4.78, 5) is 15.3. The zero-order chi connectivity index (χ0) is 17.9. The Morgan fingerprint density at radius 1 is 1.23 bits per heavy atom. The van der Waals surface area contributed by atoms with E-state index in [9.17, 15) is 4.79 Å². The molecule has 7 heteroatoms. The van der Waals surface area contributed by atoms with Crippen LogP contribution in [0.5, 0.6) is 5.88 Å². The average Bonchev–Trinajstić information content (AvgIpc) is 3.12. The molecule has 2 aliphatic rings. The zero-order valence-corrected chi connectivity index (χ0v) is 17.0. The van der Waals surface area contributed by atoms with Gasteiger partial charge >= 0.3 is 0 Å². The number of carbonyl (C=O) groups excluding carboxylic acids is 1. The van der Waals surface area contributed by atoms with Gasteiger partial charge in [-0.25, -0.2) is 0 Å². The van der Waals surface area contributed by atoms with Crippen LogP contribution in [-0.2, 0) is 12.8 Å². The van der Waals surface area contributed by atoms with Crippen LogP contribution in [0.2, 0.25) is 0 Å². The molecule has 0 saturated carbocycles. The number of fused-ring (bicyclic) bond motifs is 1. The Labute approximate surface area is 165 Å². The van der Waals surface area contributed by atoms with Crippen molar-refractivity contribution >= 4 is 33.2 Å². The Morgan fingerprint density at radius 3 is 2.81 bits per heavy atom. The second-order valence-electron chi connectivity index (χ2n) is 7.01. The second-order valence-corrected chi connectivity index (χ2v) is 9.47. The van der Waals surface area contributed by atoms with E-state index in [4.69, 9.17) is 4.74 Å². The van der Waals surface area contributed by atoms with Crippen molar-refractivity contribution in [3.63, 3.8) is 0 Å². The van der Waals surface area contributed by atoms with E-state index in [0.717, 1.165) is 53.1 Å². The Kier molecular flexibility index (Phi) is 5.55. The molecule has 0 N–H and O–H groups in total. The highest BCUT2D eigenvalue weighted by Crippen LogP contribution is 2.26. The van der Waals surface area contributed by atoms with Crippen LogP contribution in [0.15, 0.2) is 22.0 Å². The molecular weight excluding hydrogens is 414 g/mol. The summed E-state index contributed by atoms with van der Waals surface area (Å²) in [7, 11) is 0. The lowest BCUT2D eigenvalue weighted by Gasteiger charge is -2.31. The number of piperidine rings is 1. The summed E-state index contributed by atoms with van der Waals surface area (Å²) in [5, 5.41) is 8.54. The molecule has 26 heavy (non-hydrogen) atoms. The fourth-order valence-corrected chi connectivity index (χ4v) is 4.99. The molecular formula is C19H22BrN3O2S. The topological polar surface area (TPSA) is 55.3 Å². The van der Waals surface area contributed by atoms with E-state index in [2.05, 4.69) is 32.2 Å². The van der Waals surface area contributed by atoms with E-state index in [-0.39, 0.29) is 5.91 Å². The first-order valence-corrected chi connectivity index (χ1v) is 10.8. The number of nitrogens with zero attached hydrogens (tertiary/aromatic N) is 3.